The van der Waals surface area contributed by atoms with E-state index in [0.29, 0.717) is 11.4 Å². The first-order valence-electron chi connectivity index (χ1n) is 4.69. The number of hydrogen-bond donors (Lipinski definition) is 2. The third kappa shape index (κ3) is 2.98. The fourth-order valence-corrected chi connectivity index (χ4v) is 1.54. The third-order valence-electron chi connectivity index (χ3n) is 2.24. The molecule has 0 aliphatic carbocycles. The van der Waals surface area contributed by atoms with Crippen LogP contribution in [-0.2, 0) is 6.42 Å². The second-order valence-corrected chi connectivity index (χ2v) is 4.13. The predicted molar refractivity (Wildman–Crippen MR) is 59.5 cm³/mol. The topological polar surface area (TPSA) is 46.2 Å². The van der Waals surface area contributed by atoms with Gasteiger partial charge >= 0.3 is 0 Å². The molecule has 0 radical (unpaired) electrons. The van der Waals surface area contributed by atoms with Crippen LogP contribution >= 0.6 is 11.6 Å². The summed E-state index contributed by atoms with van der Waals surface area (Å²) in [7, 11) is 0. The molecule has 78 valence electrons. The molecule has 0 aliphatic heterocycles. The Labute approximate surface area is 89.7 Å². The zero-order valence-corrected chi connectivity index (χ0v) is 9.25. The van der Waals surface area contributed by atoms with E-state index in [4.69, 9.17) is 17.3 Å². The number of halogens is 1. The van der Waals surface area contributed by atoms with E-state index in [0.717, 1.165) is 11.1 Å². The Bertz CT molecular complexity index is 312. The van der Waals surface area contributed by atoms with E-state index < -0.39 is 6.10 Å². The molecule has 1 unspecified atom stereocenters. The average molecular weight is 214 g/mol. The van der Waals surface area contributed by atoms with Crippen LogP contribution in [0.1, 0.15) is 18.1 Å². The van der Waals surface area contributed by atoms with Crippen molar-refractivity contribution in [2.45, 2.75) is 32.4 Å². The first-order chi connectivity index (χ1) is 6.50. The van der Waals surface area contributed by atoms with E-state index in [1.54, 1.807) is 6.92 Å². The number of rotatable bonds is 3. The summed E-state index contributed by atoms with van der Waals surface area (Å²) < 4.78 is 0. The van der Waals surface area contributed by atoms with E-state index >= 15 is 0 Å². The van der Waals surface area contributed by atoms with E-state index in [1.807, 2.05) is 25.1 Å². The largest absolute Gasteiger partial charge is 0.391 e. The Balaban J connectivity index is 2.77. The highest BCUT2D eigenvalue weighted by molar-refractivity contribution is 6.31. The maximum Gasteiger partial charge on any atom is 0.0729 e. The molecule has 2 atom stereocenters. The lowest BCUT2D eigenvalue weighted by atomic mass is 10.0. The van der Waals surface area contributed by atoms with Crippen molar-refractivity contribution < 1.29 is 5.11 Å². The monoisotopic (exact) mass is 213 g/mol. The van der Waals surface area contributed by atoms with Crippen molar-refractivity contribution in [1.29, 1.82) is 0 Å². The maximum absolute atomic E-state index is 9.59. The molecule has 1 aromatic carbocycles. The van der Waals surface area contributed by atoms with Gasteiger partial charge in [0.1, 0.15) is 0 Å². The second-order valence-electron chi connectivity index (χ2n) is 3.73. The average Bonchev–Trinajstić information content (AvgIpc) is 2.09. The molecular formula is C11H16ClNO. The summed E-state index contributed by atoms with van der Waals surface area (Å²) in [5, 5.41) is 10.3. The molecule has 0 heterocycles. The zero-order valence-electron chi connectivity index (χ0n) is 8.50. The molecule has 0 bridgehead atoms. The van der Waals surface area contributed by atoms with Gasteiger partial charge in [0.2, 0.25) is 0 Å². The van der Waals surface area contributed by atoms with E-state index in [-0.39, 0.29) is 6.04 Å². The van der Waals surface area contributed by atoms with Crippen LogP contribution in [0.15, 0.2) is 18.2 Å². The highest BCUT2D eigenvalue weighted by Crippen LogP contribution is 2.19. The van der Waals surface area contributed by atoms with Gasteiger partial charge in [-0.15, -0.1) is 0 Å². The minimum Gasteiger partial charge on any atom is -0.391 e. The van der Waals surface area contributed by atoms with Gasteiger partial charge in [-0.1, -0.05) is 23.7 Å². The summed E-state index contributed by atoms with van der Waals surface area (Å²) in [6, 6.07) is 5.58. The lowest BCUT2D eigenvalue weighted by Crippen LogP contribution is -2.33. The lowest BCUT2D eigenvalue weighted by Gasteiger charge is -2.15. The smallest absolute Gasteiger partial charge is 0.0729 e. The minimum absolute atomic E-state index is 0.229. The van der Waals surface area contributed by atoms with Gasteiger partial charge in [-0.3, -0.25) is 0 Å². The molecule has 0 aromatic heterocycles. The molecule has 0 saturated heterocycles. The van der Waals surface area contributed by atoms with Crippen LogP contribution in [0.5, 0.6) is 0 Å². The van der Waals surface area contributed by atoms with Crippen LogP contribution in [-0.4, -0.2) is 17.3 Å². The molecular weight excluding hydrogens is 198 g/mol. The standard InChI is InChI=1S/C11H16ClNO/c1-7-3-4-9(10(12)5-7)6-11(14)8(2)13/h3-5,8,11,14H,6,13H2,1-2H3/t8-,11?/m1/s1. The summed E-state index contributed by atoms with van der Waals surface area (Å²) in [6.45, 7) is 3.77. The molecule has 0 aliphatic rings. The number of hydrogen-bond acceptors (Lipinski definition) is 2. The van der Waals surface area contributed by atoms with E-state index in [9.17, 15) is 5.11 Å². The fraction of sp³-hybridized carbons (Fsp3) is 0.455. The van der Waals surface area contributed by atoms with Crippen molar-refractivity contribution in [3.63, 3.8) is 0 Å². The SMILES string of the molecule is Cc1ccc(CC(O)[C@@H](C)N)c(Cl)c1. The number of aliphatic hydroxyl groups excluding tert-OH is 1. The van der Waals surface area contributed by atoms with Gasteiger partial charge in [-0.25, -0.2) is 0 Å². The number of aliphatic hydroxyl groups is 1. The Morgan fingerprint density at radius 3 is 2.64 bits per heavy atom. The van der Waals surface area contributed by atoms with Crippen molar-refractivity contribution in [1.82, 2.24) is 0 Å². The first-order valence-corrected chi connectivity index (χ1v) is 5.07. The Kier molecular flexibility index (Phi) is 3.93. The van der Waals surface area contributed by atoms with E-state index in [1.165, 1.54) is 0 Å². The molecule has 2 nitrogen and oxygen atoms in total. The lowest BCUT2D eigenvalue weighted by molar-refractivity contribution is 0.151. The highest BCUT2D eigenvalue weighted by Gasteiger charge is 2.12. The predicted octanol–water partition coefficient (Wildman–Crippen LogP) is 1.90. The van der Waals surface area contributed by atoms with Crippen LogP contribution in [0.4, 0.5) is 0 Å². The summed E-state index contributed by atoms with van der Waals surface area (Å²) in [4.78, 5) is 0. The van der Waals surface area contributed by atoms with E-state index in [2.05, 4.69) is 0 Å². The van der Waals surface area contributed by atoms with Crippen LogP contribution < -0.4 is 5.73 Å². The van der Waals surface area contributed by atoms with Crippen LogP contribution in [0.3, 0.4) is 0 Å². The molecule has 3 N–H and O–H groups in total. The van der Waals surface area contributed by atoms with Gasteiger partial charge in [0.05, 0.1) is 6.10 Å². The summed E-state index contributed by atoms with van der Waals surface area (Å²) in [6.07, 6.45) is -0.0215. The van der Waals surface area contributed by atoms with Crippen molar-refractivity contribution in [2.24, 2.45) is 5.73 Å². The van der Waals surface area contributed by atoms with Gasteiger partial charge in [-0.05, 0) is 31.0 Å². The van der Waals surface area contributed by atoms with Crippen LogP contribution in [0.2, 0.25) is 5.02 Å². The Hall–Kier alpha value is -0.570. The molecule has 0 saturated carbocycles. The van der Waals surface area contributed by atoms with Crippen molar-refractivity contribution >= 4 is 11.6 Å². The van der Waals surface area contributed by atoms with Gasteiger partial charge < -0.3 is 10.8 Å². The molecule has 14 heavy (non-hydrogen) atoms. The summed E-state index contributed by atoms with van der Waals surface area (Å²) in [5.41, 5.74) is 7.64. The van der Waals surface area contributed by atoms with Crippen molar-refractivity contribution in [3.8, 4) is 0 Å². The summed E-state index contributed by atoms with van der Waals surface area (Å²) in [5.74, 6) is 0. The molecule has 1 aromatic rings. The Morgan fingerprint density at radius 2 is 2.14 bits per heavy atom. The van der Waals surface area contributed by atoms with Crippen LogP contribution in [0.25, 0.3) is 0 Å². The van der Waals surface area contributed by atoms with Gasteiger partial charge in [0, 0.05) is 17.5 Å². The fourth-order valence-electron chi connectivity index (χ4n) is 1.23. The maximum atomic E-state index is 9.59. The molecule has 1 rings (SSSR count). The molecule has 3 heteroatoms. The quantitative estimate of drug-likeness (QED) is 0.806. The Morgan fingerprint density at radius 1 is 1.50 bits per heavy atom. The van der Waals surface area contributed by atoms with Gasteiger partial charge in [0.15, 0.2) is 0 Å². The normalized spacial score (nSPS) is 15.2. The molecule has 0 spiro atoms. The minimum atomic E-state index is -0.532. The van der Waals surface area contributed by atoms with Crippen LogP contribution in [0, 0.1) is 6.92 Å². The van der Waals surface area contributed by atoms with Crippen molar-refractivity contribution in [3.05, 3.63) is 34.3 Å². The molecule has 0 amide bonds. The number of benzene rings is 1. The van der Waals surface area contributed by atoms with Gasteiger partial charge in [0.25, 0.3) is 0 Å². The first kappa shape index (κ1) is 11.5. The highest BCUT2D eigenvalue weighted by atomic mass is 35.5. The number of nitrogens with two attached hydrogens (primary N) is 1. The molecule has 0 fully saturated rings. The number of aryl methyl sites for hydroxylation is 1. The zero-order chi connectivity index (χ0) is 10.7. The van der Waals surface area contributed by atoms with Crippen molar-refractivity contribution in [2.75, 3.05) is 0 Å². The third-order valence-corrected chi connectivity index (χ3v) is 2.60. The van der Waals surface area contributed by atoms with Gasteiger partial charge in [-0.2, -0.15) is 0 Å². The summed E-state index contributed by atoms with van der Waals surface area (Å²) >= 11 is 6.03. The second kappa shape index (κ2) is 4.78.